The molecule has 0 aliphatic carbocycles. The molecule has 0 amide bonds. The molecule has 0 aliphatic heterocycles. The third-order valence-electron chi connectivity index (χ3n) is 4.81. The van der Waals surface area contributed by atoms with Crippen LogP contribution in [0.3, 0.4) is 0 Å². The molecule has 0 atom stereocenters. The van der Waals surface area contributed by atoms with Crippen LogP contribution in [0.15, 0.2) is 72.9 Å². The highest BCUT2D eigenvalue weighted by Gasteiger charge is 2.31. The highest BCUT2D eigenvalue weighted by molar-refractivity contribution is 5.72. The second kappa shape index (κ2) is 9.08. The van der Waals surface area contributed by atoms with Crippen LogP contribution in [-0.4, -0.2) is 20.2 Å². The normalized spacial score (nSPS) is 11.9. The Labute approximate surface area is 189 Å². The van der Waals surface area contributed by atoms with Gasteiger partial charge >= 0.3 is 12.4 Å². The van der Waals surface area contributed by atoms with Crippen molar-refractivity contribution in [1.29, 1.82) is 0 Å². The first-order chi connectivity index (χ1) is 16.1. The van der Waals surface area contributed by atoms with E-state index in [-0.39, 0.29) is 23.9 Å². The summed E-state index contributed by atoms with van der Waals surface area (Å²) in [6.45, 7) is 0.0894. The number of hydrogen-bond acceptors (Lipinski definition) is 5. The van der Waals surface area contributed by atoms with Crippen LogP contribution in [0.1, 0.15) is 16.7 Å². The number of hydrogen-bond donors (Lipinski definition) is 1. The molecule has 0 aliphatic rings. The molecule has 0 bridgehead atoms. The summed E-state index contributed by atoms with van der Waals surface area (Å²) in [6, 6.07) is 14.0. The van der Waals surface area contributed by atoms with Gasteiger partial charge in [-0.2, -0.15) is 26.3 Å². The van der Waals surface area contributed by atoms with E-state index >= 15 is 0 Å². The predicted octanol–water partition coefficient (Wildman–Crippen LogP) is 6.25. The molecule has 0 fully saturated rings. The summed E-state index contributed by atoms with van der Waals surface area (Å²) in [5.41, 5.74) is -0.129. The molecule has 0 saturated carbocycles. The largest absolute Gasteiger partial charge is 0.416 e. The van der Waals surface area contributed by atoms with E-state index in [2.05, 4.69) is 25.5 Å². The van der Waals surface area contributed by atoms with Crippen LogP contribution in [0.25, 0.3) is 22.8 Å². The highest BCUT2D eigenvalue weighted by atomic mass is 19.4. The number of aromatic nitrogens is 4. The van der Waals surface area contributed by atoms with Crippen molar-refractivity contribution in [2.24, 2.45) is 0 Å². The summed E-state index contributed by atoms with van der Waals surface area (Å²) in [5.74, 6) is 0.362. The van der Waals surface area contributed by atoms with Gasteiger partial charge in [-0.15, -0.1) is 10.2 Å². The molecule has 2 aromatic carbocycles. The maximum absolute atomic E-state index is 12.9. The molecule has 4 aromatic rings. The monoisotopic (exact) mass is 475 g/mol. The number of pyridine rings is 1. The predicted molar refractivity (Wildman–Crippen MR) is 112 cm³/mol. The Morgan fingerprint density at radius 2 is 1.32 bits per heavy atom. The second-order valence-corrected chi connectivity index (χ2v) is 7.17. The number of anilines is 1. The van der Waals surface area contributed by atoms with E-state index in [9.17, 15) is 26.3 Å². The highest BCUT2D eigenvalue weighted by Crippen LogP contribution is 2.33. The van der Waals surface area contributed by atoms with E-state index in [0.717, 1.165) is 24.3 Å². The fraction of sp³-hybridized carbons (Fsp3) is 0.130. The SMILES string of the molecule is FC(F)(F)c1ccc(CNc2nc(-c3ccccn3)nnc2-c2ccc(C(F)(F)F)cc2)cc1. The summed E-state index contributed by atoms with van der Waals surface area (Å²) in [7, 11) is 0. The number of nitrogens with one attached hydrogen (secondary N) is 1. The van der Waals surface area contributed by atoms with Gasteiger partial charge in [-0.25, -0.2) is 4.98 Å². The van der Waals surface area contributed by atoms with Crippen molar-refractivity contribution in [1.82, 2.24) is 20.2 Å². The molecule has 0 radical (unpaired) electrons. The fourth-order valence-electron chi connectivity index (χ4n) is 3.06. The first-order valence-corrected chi connectivity index (χ1v) is 9.85. The Bertz CT molecular complexity index is 1250. The average molecular weight is 475 g/mol. The molecule has 34 heavy (non-hydrogen) atoms. The van der Waals surface area contributed by atoms with Gasteiger partial charge in [0.25, 0.3) is 0 Å². The number of nitrogens with zero attached hydrogens (tertiary/aromatic N) is 4. The Kier molecular flexibility index (Phi) is 6.18. The quantitative estimate of drug-likeness (QED) is 0.346. The lowest BCUT2D eigenvalue weighted by Crippen LogP contribution is -2.09. The summed E-state index contributed by atoms with van der Waals surface area (Å²) in [4.78, 5) is 8.57. The maximum atomic E-state index is 12.9. The number of halogens is 6. The van der Waals surface area contributed by atoms with E-state index in [1.165, 1.54) is 30.5 Å². The van der Waals surface area contributed by atoms with Crippen molar-refractivity contribution in [3.05, 3.63) is 89.6 Å². The van der Waals surface area contributed by atoms with Crippen LogP contribution < -0.4 is 5.32 Å². The van der Waals surface area contributed by atoms with E-state index in [0.29, 0.717) is 16.8 Å². The van der Waals surface area contributed by atoms with E-state index in [4.69, 9.17) is 0 Å². The van der Waals surface area contributed by atoms with Crippen LogP contribution in [-0.2, 0) is 18.9 Å². The summed E-state index contributed by atoms with van der Waals surface area (Å²) in [6.07, 6.45) is -7.40. The van der Waals surface area contributed by atoms with Gasteiger partial charge in [0, 0.05) is 18.3 Å². The molecule has 2 heterocycles. The second-order valence-electron chi connectivity index (χ2n) is 7.17. The standard InChI is InChI=1S/C23H15F6N5/c24-22(25,26)16-8-4-14(5-9-16)13-31-21-19(15-6-10-17(11-7-15)23(27,28)29)33-34-20(32-21)18-3-1-2-12-30-18/h1-12H,13H2,(H,31,32,34). The van der Waals surface area contributed by atoms with Crippen LogP contribution in [0.5, 0.6) is 0 Å². The lowest BCUT2D eigenvalue weighted by Gasteiger charge is -2.13. The minimum atomic E-state index is -4.49. The van der Waals surface area contributed by atoms with Crippen LogP contribution in [0.4, 0.5) is 32.2 Å². The molecular weight excluding hydrogens is 460 g/mol. The molecule has 0 unspecified atom stereocenters. The zero-order valence-electron chi connectivity index (χ0n) is 17.2. The Morgan fingerprint density at radius 3 is 1.88 bits per heavy atom. The third kappa shape index (κ3) is 5.30. The average Bonchev–Trinajstić information content (AvgIpc) is 2.82. The lowest BCUT2D eigenvalue weighted by atomic mass is 10.1. The summed E-state index contributed by atoms with van der Waals surface area (Å²) >= 11 is 0. The van der Waals surface area contributed by atoms with Gasteiger partial charge in [0.2, 0.25) is 5.82 Å². The van der Waals surface area contributed by atoms with E-state index < -0.39 is 23.5 Å². The van der Waals surface area contributed by atoms with Crippen molar-refractivity contribution in [3.63, 3.8) is 0 Å². The van der Waals surface area contributed by atoms with Crippen molar-refractivity contribution in [2.45, 2.75) is 18.9 Å². The van der Waals surface area contributed by atoms with Crippen molar-refractivity contribution >= 4 is 5.82 Å². The van der Waals surface area contributed by atoms with Crippen molar-refractivity contribution in [3.8, 4) is 22.8 Å². The minimum absolute atomic E-state index is 0.0894. The number of benzene rings is 2. The van der Waals surface area contributed by atoms with Crippen molar-refractivity contribution in [2.75, 3.05) is 5.32 Å². The summed E-state index contributed by atoms with van der Waals surface area (Å²) in [5, 5.41) is 11.2. The lowest BCUT2D eigenvalue weighted by molar-refractivity contribution is -0.138. The van der Waals surface area contributed by atoms with Crippen LogP contribution in [0, 0.1) is 0 Å². The number of alkyl halides is 6. The first-order valence-electron chi connectivity index (χ1n) is 9.85. The first kappa shape index (κ1) is 23.1. The smallest absolute Gasteiger partial charge is 0.364 e. The molecular formula is C23H15F6N5. The van der Waals surface area contributed by atoms with Gasteiger partial charge in [0.15, 0.2) is 5.82 Å². The van der Waals surface area contributed by atoms with E-state index in [1.54, 1.807) is 18.2 Å². The topological polar surface area (TPSA) is 63.6 Å². The van der Waals surface area contributed by atoms with Crippen LogP contribution >= 0.6 is 0 Å². The Morgan fingerprint density at radius 1 is 0.706 bits per heavy atom. The van der Waals surface area contributed by atoms with Gasteiger partial charge in [0.1, 0.15) is 11.4 Å². The minimum Gasteiger partial charge on any atom is -0.364 e. The van der Waals surface area contributed by atoms with Crippen LogP contribution in [0.2, 0.25) is 0 Å². The van der Waals surface area contributed by atoms with E-state index in [1.807, 2.05) is 0 Å². The fourth-order valence-corrected chi connectivity index (χ4v) is 3.06. The van der Waals surface area contributed by atoms with Gasteiger partial charge in [-0.05, 0) is 42.0 Å². The van der Waals surface area contributed by atoms with Crippen molar-refractivity contribution < 1.29 is 26.3 Å². The molecule has 5 nitrogen and oxygen atoms in total. The van der Waals surface area contributed by atoms with Gasteiger partial charge < -0.3 is 5.32 Å². The maximum Gasteiger partial charge on any atom is 0.416 e. The molecule has 174 valence electrons. The number of rotatable bonds is 5. The Balaban J connectivity index is 1.66. The third-order valence-corrected chi connectivity index (χ3v) is 4.81. The zero-order valence-corrected chi connectivity index (χ0v) is 17.2. The Hall–Kier alpha value is -4.02. The molecule has 0 saturated heterocycles. The molecule has 1 N–H and O–H groups in total. The van der Waals surface area contributed by atoms with Gasteiger partial charge in [0.05, 0.1) is 11.1 Å². The van der Waals surface area contributed by atoms with Gasteiger partial charge in [-0.1, -0.05) is 30.3 Å². The molecule has 4 rings (SSSR count). The summed E-state index contributed by atoms with van der Waals surface area (Å²) < 4.78 is 77.2. The zero-order chi connectivity index (χ0) is 24.3. The molecule has 0 spiro atoms. The molecule has 11 heteroatoms. The van der Waals surface area contributed by atoms with Gasteiger partial charge in [-0.3, -0.25) is 4.98 Å². The molecule has 2 aromatic heterocycles.